The van der Waals surface area contributed by atoms with Gasteiger partial charge in [0, 0.05) is 23.9 Å². The van der Waals surface area contributed by atoms with Gasteiger partial charge in [0.2, 0.25) is 0 Å². The number of rotatable bonds is 6. The molecule has 2 rings (SSSR count). The van der Waals surface area contributed by atoms with E-state index in [4.69, 9.17) is 4.98 Å². The summed E-state index contributed by atoms with van der Waals surface area (Å²) in [7, 11) is 0. The first-order valence-electron chi connectivity index (χ1n) is 7.11. The quantitative estimate of drug-likeness (QED) is 0.838. The zero-order valence-electron chi connectivity index (χ0n) is 12.2. The fraction of sp³-hybridized carbons (Fsp3) is 0.800. The number of thiazole rings is 1. The zero-order valence-corrected chi connectivity index (χ0v) is 13.0. The molecule has 1 heterocycles. The van der Waals surface area contributed by atoms with Crippen LogP contribution in [0.1, 0.15) is 64.1 Å². The van der Waals surface area contributed by atoms with Crippen molar-refractivity contribution in [3.63, 3.8) is 0 Å². The monoisotopic (exact) mass is 266 g/mol. The first-order chi connectivity index (χ1) is 8.45. The molecule has 18 heavy (non-hydrogen) atoms. The van der Waals surface area contributed by atoms with Crippen LogP contribution in [0, 0.1) is 5.41 Å². The summed E-state index contributed by atoms with van der Waals surface area (Å²) in [4.78, 5) is 4.72. The van der Waals surface area contributed by atoms with Crippen LogP contribution in [0.5, 0.6) is 0 Å². The Morgan fingerprint density at radius 3 is 2.61 bits per heavy atom. The largest absolute Gasteiger partial charge is 0.311 e. The first kappa shape index (κ1) is 14.0. The zero-order chi connectivity index (χ0) is 13.2. The van der Waals surface area contributed by atoms with E-state index < -0.39 is 0 Å². The number of hydrogen-bond acceptors (Lipinski definition) is 3. The van der Waals surface area contributed by atoms with Crippen molar-refractivity contribution < 1.29 is 0 Å². The molecule has 1 aromatic rings. The molecule has 2 nitrogen and oxygen atoms in total. The van der Waals surface area contributed by atoms with Gasteiger partial charge in [-0.05, 0) is 24.7 Å². The Kier molecular flexibility index (Phi) is 4.12. The number of hydrogen-bond donors (Lipinski definition) is 1. The molecule has 102 valence electrons. The molecule has 1 saturated carbocycles. The molecule has 1 aliphatic carbocycles. The molecule has 1 aromatic heterocycles. The van der Waals surface area contributed by atoms with Crippen molar-refractivity contribution in [2.75, 3.05) is 6.54 Å². The van der Waals surface area contributed by atoms with Crippen LogP contribution < -0.4 is 5.32 Å². The predicted molar refractivity (Wildman–Crippen MR) is 79.1 cm³/mol. The summed E-state index contributed by atoms with van der Waals surface area (Å²) in [6.07, 6.45) is 5.52. The van der Waals surface area contributed by atoms with Crippen LogP contribution in [0.2, 0.25) is 0 Å². The summed E-state index contributed by atoms with van der Waals surface area (Å²) in [6, 6.07) is 0. The summed E-state index contributed by atoms with van der Waals surface area (Å²) in [5, 5.41) is 7.04. The maximum Gasteiger partial charge on any atom is 0.0982 e. The van der Waals surface area contributed by atoms with E-state index in [-0.39, 0.29) is 5.41 Å². The van der Waals surface area contributed by atoms with E-state index in [0.29, 0.717) is 5.41 Å². The summed E-state index contributed by atoms with van der Waals surface area (Å²) < 4.78 is 0. The van der Waals surface area contributed by atoms with Gasteiger partial charge in [-0.2, -0.15) is 0 Å². The van der Waals surface area contributed by atoms with E-state index in [9.17, 15) is 0 Å². The molecule has 1 fully saturated rings. The lowest BCUT2D eigenvalue weighted by Gasteiger charge is -2.15. The first-order valence-corrected chi connectivity index (χ1v) is 7.99. The Balaban J connectivity index is 1.79. The average molecular weight is 266 g/mol. The fourth-order valence-corrected chi connectivity index (χ4v) is 3.32. The second-order valence-corrected chi connectivity index (χ2v) is 7.61. The van der Waals surface area contributed by atoms with Crippen LogP contribution >= 0.6 is 11.3 Å². The summed E-state index contributed by atoms with van der Waals surface area (Å²) in [5.74, 6) is 0. The van der Waals surface area contributed by atoms with Crippen LogP contribution in [0.25, 0.3) is 0 Å². The molecular weight excluding hydrogens is 240 g/mol. The molecule has 0 bridgehead atoms. The van der Waals surface area contributed by atoms with Gasteiger partial charge in [-0.1, -0.05) is 34.1 Å². The third-order valence-electron chi connectivity index (χ3n) is 3.74. The minimum atomic E-state index is 0.183. The summed E-state index contributed by atoms with van der Waals surface area (Å²) in [6.45, 7) is 11.1. The van der Waals surface area contributed by atoms with Gasteiger partial charge in [-0.15, -0.1) is 11.3 Å². The fourth-order valence-electron chi connectivity index (χ4n) is 2.41. The van der Waals surface area contributed by atoms with Crippen molar-refractivity contribution in [3.05, 3.63) is 16.1 Å². The molecule has 1 N–H and O–H groups in total. The topological polar surface area (TPSA) is 24.9 Å². The van der Waals surface area contributed by atoms with Crippen molar-refractivity contribution in [2.24, 2.45) is 5.41 Å². The van der Waals surface area contributed by atoms with Gasteiger partial charge >= 0.3 is 0 Å². The summed E-state index contributed by atoms with van der Waals surface area (Å²) >= 11 is 1.79. The highest BCUT2D eigenvalue weighted by Crippen LogP contribution is 2.48. The normalized spacial score (nSPS) is 18.0. The van der Waals surface area contributed by atoms with Crippen molar-refractivity contribution in [1.82, 2.24) is 10.3 Å². The Morgan fingerprint density at radius 1 is 1.39 bits per heavy atom. The number of aromatic nitrogens is 1. The van der Waals surface area contributed by atoms with Gasteiger partial charge in [0.25, 0.3) is 0 Å². The Bertz CT molecular complexity index is 385. The Hall–Kier alpha value is -0.410. The van der Waals surface area contributed by atoms with Gasteiger partial charge in [0.1, 0.15) is 0 Å². The molecule has 0 aromatic carbocycles. The molecule has 0 amide bonds. The van der Waals surface area contributed by atoms with Crippen LogP contribution in [0.15, 0.2) is 5.38 Å². The van der Waals surface area contributed by atoms with Crippen molar-refractivity contribution in [2.45, 2.75) is 65.3 Å². The average Bonchev–Trinajstić information content (AvgIpc) is 2.86. The smallest absolute Gasteiger partial charge is 0.0982 e. The molecule has 0 aliphatic heterocycles. The van der Waals surface area contributed by atoms with E-state index >= 15 is 0 Å². The molecule has 0 saturated heterocycles. The molecule has 1 aliphatic rings. The Labute approximate surface area is 115 Å². The minimum absolute atomic E-state index is 0.183. The van der Waals surface area contributed by atoms with Crippen molar-refractivity contribution in [1.29, 1.82) is 0 Å². The molecule has 3 heteroatoms. The predicted octanol–water partition coefficient (Wildman–Crippen LogP) is 4.11. The highest BCUT2D eigenvalue weighted by Gasteiger charge is 2.40. The maximum atomic E-state index is 4.72. The van der Waals surface area contributed by atoms with E-state index in [1.165, 1.54) is 42.9 Å². The van der Waals surface area contributed by atoms with E-state index in [1.807, 2.05) is 0 Å². The second-order valence-electron chi connectivity index (χ2n) is 6.75. The van der Waals surface area contributed by atoms with Gasteiger partial charge in [0.15, 0.2) is 0 Å². The van der Waals surface area contributed by atoms with Gasteiger partial charge in [-0.3, -0.25) is 0 Å². The molecule has 0 radical (unpaired) electrons. The lowest BCUT2D eigenvalue weighted by atomic mass is 9.98. The Morgan fingerprint density at radius 2 is 2.11 bits per heavy atom. The maximum absolute atomic E-state index is 4.72. The SMILES string of the molecule is CCCC1(CNCc2csc(C(C)(C)C)n2)CC1. The van der Waals surface area contributed by atoms with Crippen LogP contribution in [0.3, 0.4) is 0 Å². The molecule has 0 unspecified atom stereocenters. The van der Waals surface area contributed by atoms with E-state index in [1.54, 1.807) is 11.3 Å². The lowest BCUT2D eigenvalue weighted by molar-refractivity contribution is 0.419. The molecule has 0 atom stereocenters. The van der Waals surface area contributed by atoms with E-state index in [0.717, 1.165) is 6.54 Å². The number of nitrogens with zero attached hydrogens (tertiary/aromatic N) is 1. The van der Waals surface area contributed by atoms with Gasteiger partial charge < -0.3 is 5.32 Å². The van der Waals surface area contributed by atoms with Crippen LogP contribution in [-0.2, 0) is 12.0 Å². The highest BCUT2D eigenvalue weighted by molar-refractivity contribution is 7.09. The van der Waals surface area contributed by atoms with Crippen LogP contribution in [0.4, 0.5) is 0 Å². The van der Waals surface area contributed by atoms with E-state index in [2.05, 4.69) is 38.4 Å². The third kappa shape index (κ3) is 3.55. The van der Waals surface area contributed by atoms with Crippen molar-refractivity contribution in [3.8, 4) is 0 Å². The van der Waals surface area contributed by atoms with Gasteiger partial charge in [0.05, 0.1) is 10.7 Å². The number of nitrogens with one attached hydrogen (secondary N) is 1. The summed E-state index contributed by atoms with van der Waals surface area (Å²) in [5.41, 5.74) is 2.03. The third-order valence-corrected chi connectivity index (χ3v) is 5.05. The van der Waals surface area contributed by atoms with Crippen LogP contribution in [-0.4, -0.2) is 11.5 Å². The molecule has 0 spiro atoms. The molecular formula is C15H26N2S. The van der Waals surface area contributed by atoms with Gasteiger partial charge in [-0.25, -0.2) is 4.98 Å². The standard InChI is InChI=1S/C15H26N2S/c1-5-6-15(7-8-15)11-16-9-12-10-18-13(17-12)14(2,3)4/h10,16H,5-9,11H2,1-4H3. The highest BCUT2D eigenvalue weighted by atomic mass is 32.1. The van der Waals surface area contributed by atoms with Crippen molar-refractivity contribution >= 4 is 11.3 Å². The second kappa shape index (κ2) is 5.30. The minimum Gasteiger partial charge on any atom is -0.311 e. The lowest BCUT2D eigenvalue weighted by Crippen LogP contribution is -2.23.